The molecule has 0 aliphatic rings. The zero-order chi connectivity index (χ0) is 10.7. The summed E-state index contributed by atoms with van der Waals surface area (Å²) in [6, 6.07) is 3.59. The lowest BCUT2D eigenvalue weighted by molar-refractivity contribution is 0.211. The lowest BCUT2D eigenvalue weighted by Gasteiger charge is -2.09. The molecule has 1 atom stereocenters. The molecule has 1 N–H and O–H groups in total. The van der Waals surface area contributed by atoms with Crippen LogP contribution in [0.5, 0.6) is 0 Å². The molecule has 1 nitrogen and oxygen atoms in total. The molecule has 0 saturated carbocycles. The summed E-state index contributed by atoms with van der Waals surface area (Å²) in [5.41, 5.74) is 1.16. The number of rotatable bonds is 3. The Hall–Kier alpha value is -1.22. The Morgan fingerprint density at radius 2 is 2.07 bits per heavy atom. The van der Waals surface area contributed by atoms with Crippen LogP contribution in [0.15, 0.2) is 30.4 Å². The number of hydrogen-bond donors (Lipinski definition) is 1. The maximum atomic E-state index is 12.8. The van der Waals surface area contributed by atoms with Gasteiger partial charge < -0.3 is 5.11 Å². The quantitative estimate of drug-likeness (QED) is 0.739. The second-order valence-corrected chi connectivity index (χ2v) is 3.31. The van der Waals surface area contributed by atoms with Crippen LogP contribution in [0.3, 0.4) is 0 Å². The summed E-state index contributed by atoms with van der Waals surface area (Å²) < 4.78 is 25.3. The highest BCUT2D eigenvalue weighted by molar-refractivity contribution is 5.20. The second-order valence-electron chi connectivity index (χ2n) is 3.31. The SMILES string of the molecule is C=C(C)C(O)Cc1ccc(F)c(F)c1. The third-order valence-electron chi connectivity index (χ3n) is 1.98. The van der Waals surface area contributed by atoms with Crippen molar-refractivity contribution < 1.29 is 13.9 Å². The molecular weight excluding hydrogens is 186 g/mol. The van der Waals surface area contributed by atoms with Gasteiger partial charge in [-0.1, -0.05) is 18.2 Å². The van der Waals surface area contributed by atoms with Crippen molar-refractivity contribution in [3.8, 4) is 0 Å². The lowest BCUT2D eigenvalue weighted by Crippen LogP contribution is -2.11. The maximum Gasteiger partial charge on any atom is 0.159 e. The zero-order valence-corrected chi connectivity index (χ0v) is 7.93. The van der Waals surface area contributed by atoms with Gasteiger partial charge in [0.2, 0.25) is 0 Å². The van der Waals surface area contributed by atoms with Crippen molar-refractivity contribution in [1.82, 2.24) is 0 Å². The molecular formula is C11H12F2O. The highest BCUT2D eigenvalue weighted by Crippen LogP contribution is 2.12. The molecule has 0 saturated heterocycles. The minimum atomic E-state index is -0.892. The molecule has 1 aromatic rings. The highest BCUT2D eigenvalue weighted by atomic mass is 19.2. The van der Waals surface area contributed by atoms with Gasteiger partial charge in [0.25, 0.3) is 0 Å². The molecule has 0 fully saturated rings. The summed E-state index contributed by atoms with van der Waals surface area (Å²) in [7, 11) is 0. The summed E-state index contributed by atoms with van der Waals surface area (Å²) in [5, 5.41) is 9.42. The summed E-state index contributed by atoms with van der Waals surface area (Å²) in [6.07, 6.45) is -0.452. The molecule has 14 heavy (non-hydrogen) atoms. The predicted molar refractivity (Wildman–Crippen MR) is 50.9 cm³/mol. The first-order valence-corrected chi connectivity index (χ1v) is 4.28. The van der Waals surface area contributed by atoms with Gasteiger partial charge in [-0.2, -0.15) is 0 Å². The van der Waals surface area contributed by atoms with Gasteiger partial charge in [0, 0.05) is 6.42 Å². The molecule has 1 aromatic carbocycles. The second kappa shape index (κ2) is 4.33. The first-order chi connectivity index (χ1) is 6.50. The fourth-order valence-electron chi connectivity index (χ4n) is 1.06. The smallest absolute Gasteiger partial charge is 0.159 e. The Morgan fingerprint density at radius 1 is 1.43 bits per heavy atom. The van der Waals surface area contributed by atoms with E-state index in [1.165, 1.54) is 6.07 Å². The molecule has 0 spiro atoms. The van der Waals surface area contributed by atoms with Gasteiger partial charge in [0.1, 0.15) is 0 Å². The highest BCUT2D eigenvalue weighted by Gasteiger charge is 2.08. The average molecular weight is 198 g/mol. The van der Waals surface area contributed by atoms with Gasteiger partial charge in [0.15, 0.2) is 11.6 Å². The summed E-state index contributed by atoms with van der Waals surface area (Å²) in [4.78, 5) is 0. The topological polar surface area (TPSA) is 20.2 Å². The number of aliphatic hydroxyl groups is 1. The third kappa shape index (κ3) is 2.64. The van der Waals surface area contributed by atoms with Crippen LogP contribution in [-0.2, 0) is 6.42 Å². The Morgan fingerprint density at radius 3 is 2.57 bits per heavy atom. The predicted octanol–water partition coefficient (Wildman–Crippen LogP) is 2.44. The van der Waals surface area contributed by atoms with E-state index in [2.05, 4.69) is 6.58 Å². The maximum absolute atomic E-state index is 12.8. The number of hydrogen-bond acceptors (Lipinski definition) is 1. The van der Waals surface area contributed by atoms with Gasteiger partial charge in [-0.25, -0.2) is 8.78 Å². The van der Waals surface area contributed by atoms with Crippen LogP contribution in [0.25, 0.3) is 0 Å². The molecule has 3 heteroatoms. The van der Waals surface area contributed by atoms with Crippen LogP contribution < -0.4 is 0 Å². The van der Waals surface area contributed by atoms with Crippen LogP contribution in [0.1, 0.15) is 12.5 Å². The summed E-state index contributed by atoms with van der Waals surface area (Å²) in [5.74, 6) is -1.77. The first kappa shape index (κ1) is 10.9. The molecule has 0 aliphatic heterocycles. The number of halogens is 2. The van der Waals surface area contributed by atoms with E-state index in [1.807, 2.05) is 0 Å². The Kier molecular flexibility index (Phi) is 3.36. The third-order valence-corrected chi connectivity index (χ3v) is 1.98. The van der Waals surface area contributed by atoms with E-state index in [4.69, 9.17) is 0 Å². The monoisotopic (exact) mass is 198 g/mol. The van der Waals surface area contributed by atoms with Crippen LogP contribution >= 0.6 is 0 Å². The normalized spacial score (nSPS) is 12.6. The van der Waals surface area contributed by atoms with Gasteiger partial charge in [-0.3, -0.25) is 0 Å². The van der Waals surface area contributed by atoms with E-state index in [1.54, 1.807) is 6.92 Å². The van der Waals surface area contributed by atoms with Gasteiger partial charge >= 0.3 is 0 Å². The number of aliphatic hydroxyl groups excluding tert-OH is 1. The molecule has 0 amide bonds. The molecule has 76 valence electrons. The Balaban J connectivity index is 2.78. The zero-order valence-electron chi connectivity index (χ0n) is 7.93. The van der Waals surface area contributed by atoms with Crippen molar-refractivity contribution in [3.05, 3.63) is 47.5 Å². The lowest BCUT2D eigenvalue weighted by atomic mass is 10.0. The number of benzene rings is 1. The van der Waals surface area contributed by atoms with Crippen molar-refractivity contribution in [2.75, 3.05) is 0 Å². The van der Waals surface area contributed by atoms with Crippen LogP contribution in [0, 0.1) is 11.6 Å². The van der Waals surface area contributed by atoms with Crippen LogP contribution in [-0.4, -0.2) is 11.2 Å². The van der Waals surface area contributed by atoms with Crippen molar-refractivity contribution >= 4 is 0 Å². The van der Waals surface area contributed by atoms with Crippen molar-refractivity contribution in [2.24, 2.45) is 0 Å². The Labute approximate surface area is 81.7 Å². The summed E-state index contributed by atoms with van der Waals surface area (Å²) in [6.45, 7) is 5.26. The Bertz CT molecular complexity index is 347. The van der Waals surface area contributed by atoms with E-state index < -0.39 is 17.7 Å². The van der Waals surface area contributed by atoms with Gasteiger partial charge in [-0.05, 0) is 24.6 Å². The molecule has 0 aliphatic carbocycles. The van der Waals surface area contributed by atoms with E-state index in [-0.39, 0.29) is 6.42 Å². The van der Waals surface area contributed by atoms with E-state index in [9.17, 15) is 13.9 Å². The summed E-state index contributed by atoms with van der Waals surface area (Å²) >= 11 is 0. The fourth-order valence-corrected chi connectivity index (χ4v) is 1.06. The fraction of sp³-hybridized carbons (Fsp3) is 0.273. The molecule has 1 unspecified atom stereocenters. The average Bonchev–Trinajstić information content (AvgIpc) is 2.11. The van der Waals surface area contributed by atoms with Crippen molar-refractivity contribution in [3.63, 3.8) is 0 Å². The molecule has 0 radical (unpaired) electrons. The van der Waals surface area contributed by atoms with E-state index >= 15 is 0 Å². The molecule has 0 heterocycles. The molecule has 1 rings (SSSR count). The first-order valence-electron chi connectivity index (χ1n) is 4.28. The standard InChI is InChI=1S/C11H12F2O/c1-7(2)11(14)6-8-3-4-9(12)10(13)5-8/h3-5,11,14H,1,6H2,2H3. The molecule has 0 bridgehead atoms. The van der Waals surface area contributed by atoms with Gasteiger partial charge in [0.05, 0.1) is 6.10 Å². The van der Waals surface area contributed by atoms with E-state index in [0.717, 1.165) is 12.1 Å². The van der Waals surface area contributed by atoms with Crippen LogP contribution in [0.4, 0.5) is 8.78 Å². The van der Waals surface area contributed by atoms with Crippen molar-refractivity contribution in [1.29, 1.82) is 0 Å². The largest absolute Gasteiger partial charge is 0.388 e. The minimum absolute atomic E-state index is 0.256. The van der Waals surface area contributed by atoms with E-state index in [0.29, 0.717) is 11.1 Å². The van der Waals surface area contributed by atoms with Crippen LogP contribution in [0.2, 0.25) is 0 Å². The van der Waals surface area contributed by atoms with Gasteiger partial charge in [-0.15, -0.1) is 0 Å². The minimum Gasteiger partial charge on any atom is -0.388 e. The van der Waals surface area contributed by atoms with Crippen molar-refractivity contribution in [2.45, 2.75) is 19.4 Å². The molecule has 0 aromatic heterocycles.